The maximum absolute atomic E-state index is 13.2. The Morgan fingerprint density at radius 2 is 2.08 bits per heavy atom. The number of carbonyl (C=O) groups is 1. The normalized spacial score (nSPS) is 14.5. The van der Waals surface area contributed by atoms with Crippen LogP contribution >= 0.6 is 0 Å². The van der Waals surface area contributed by atoms with Crippen molar-refractivity contribution in [1.29, 1.82) is 0 Å². The van der Waals surface area contributed by atoms with E-state index in [0.29, 0.717) is 18.7 Å². The van der Waals surface area contributed by atoms with Gasteiger partial charge in [-0.1, -0.05) is 6.07 Å². The van der Waals surface area contributed by atoms with Crippen LogP contribution in [0.4, 0.5) is 18.9 Å². The van der Waals surface area contributed by atoms with Gasteiger partial charge in [0.2, 0.25) is 5.91 Å². The average Bonchev–Trinajstić information content (AvgIpc) is 2.89. The Hall–Kier alpha value is -2.58. The predicted molar refractivity (Wildman–Crippen MR) is 84.2 cm³/mol. The van der Waals surface area contributed by atoms with E-state index in [4.69, 9.17) is 0 Å². The second-order valence-corrected chi connectivity index (χ2v) is 5.95. The summed E-state index contributed by atoms with van der Waals surface area (Å²) in [5.41, 5.74) is -0.571. The Morgan fingerprint density at radius 3 is 2.72 bits per heavy atom. The molecule has 0 radical (unpaired) electrons. The SMILES string of the molecule is Cn1cnn(CCC(=O)N2CCCc3c2cccc3C(F)(F)F)c1=O. The Labute approximate surface area is 141 Å². The van der Waals surface area contributed by atoms with E-state index in [2.05, 4.69) is 5.10 Å². The molecule has 25 heavy (non-hydrogen) atoms. The van der Waals surface area contributed by atoms with E-state index in [0.717, 1.165) is 10.7 Å². The number of hydrogen-bond donors (Lipinski definition) is 0. The molecule has 1 aromatic heterocycles. The van der Waals surface area contributed by atoms with Gasteiger partial charge in [0.25, 0.3) is 0 Å². The van der Waals surface area contributed by atoms with E-state index in [1.54, 1.807) is 7.05 Å². The number of aromatic nitrogens is 3. The number of fused-ring (bicyclic) bond motifs is 1. The molecule has 0 N–H and O–H groups in total. The molecule has 1 aliphatic heterocycles. The largest absolute Gasteiger partial charge is 0.416 e. The average molecular weight is 354 g/mol. The molecule has 0 saturated heterocycles. The van der Waals surface area contributed by atoms with Crippen LogP contribution in [0, 0.1) is 0 Å². The Balaban J connectivity index is 1.82. The zero-order chi connectivity index (χ0) is 18.2. The standard InChI is InChI=1S/C16H17F3N4O2/c1-21-10-20-23(15(21)25)9-7-14(24)22-8-3-4-11-12(16(17,18)19)5-2-6-13(11)22/h2,5-6,10H,3-4,7-9H2,1H3. The number of halogens is 3. The molecule has 1 aromatic carbocycles. The predicted octanol–water partition coefficient (Wildman–Crippen LogP) is 1.97. The van der Waals surface area contributed by atoms with Crippen molar-refractivity contribution in [3.8, 4) is 0 Å². The van der Waals surface area contributed by atoms with E-state index in [-0.39, 0.29) is 36.5 Å². The molecule has 2 aromatic rings. The van der Waals surface area contributed by atoms with Gasteiger partial charge in [-0.3, -0.25) is 9.36 Å². The van der Waals surface area contributed by atoms with Crippen LogP contribution in [0.2, 0.25) is 0 Å². The third-order valence-corrected chi connectivity index (χ3v) is 4.28. The molecule has 134 valence electrons. The number of hydrogen-bond acceptors (Lipinski definition) is 3. The zero-order valence-corrected chi connectivity index (χ0v) is 13.6. The summed E-state index contributed by atoms with van der Waals surface area (Å²) in [6.07, 6.45) is -2.35. The number of alkyl halides is 3. The van der Waals surface area contributed by atoms with E-state index < -0.39 is 11.7 Å². The number of benzene rings is 1. The molecule has 0 aliphatic carbocycles. The van der Waals surface area contributed by atoms with Crippen molar-refractivity contribution in [2.24, 2.45) is 7.05 Å². The second-order valence-electron chi connectivity index (χ2n) is 5.95. The van der Waals surface area contributed by atoms with Crippen molar-refractivity contribution in [3.05, 3.63) is 46.1 Å². The fourth-order valence-corrected chi connectivity index (χ4v) is 3.06. The summed E-state index contributed by atoms with van der Waals surface area (Å²) in [7, 11) is 1.55. The number of anilines is 1. The maximum atomic E-state index is 13.2. The van der Waals surface area contributed by atoms with Crippen LogP contribution in [0.25, 0.3) is 0 Å². The minimum Gasteiger partial charge on any atom is -0.312 e. The maximum Gasteiger partial charge on any atom is 0.416 e. The van der Waals surface area contributed by atoms with Gasteiger partial charge in [-0.25, -0.2) is 9.48 Å². The zero-order valence-electron chi connectivity index (χ0n) is 13.6. The van der Waals surface area contributed by atoms with Gasteiger partial charge < -0.3 is 4.90 Å². The highest BCUT2D eigenvalue weighted by molar-refractivity contribution is 5.94. The van der Waals surface area contributed by atoms with Crippen molar-refractivity contribution in [2.75, 3.05) is 11.4 Å². The molecular formula is C16H17F3N4O2. The molecule has 9 heteroatoms. The topological polar surface area (TPSA) is 60.1 Å². The first-order valence-corrected chi connectivity index (χ1v) is 7.87. The summed E-state index contributed by atoms with van der Waals surface area (Å²) in [6, 6.07) is 3.89. The molecule has 0 fully saturated rings. The van der Waals surface area contributed by atoms with Crippen LogP contribution in [-0.4, -0.2) is 26.8 Å². The molecular weight excluding hydrogens is 337 g/mol. The van der Waals surface area contributed by atoms with Crippen molar-refractivity contribution < 1.29 is 18.0 Å². The number of nitrogens with zero attached hydrogens (tertiary/aromatic N) is 4. The van der Waals surface area contributed by atoms with Gasteiger partial charge in [0, 0.05) is 25.7 Å². The van der Waals surface area contributed by atoms with Crippen LogP contribution in [0.15, 0.2) is 29.3 Å². The van der Waals surface area contributed by atoms with E-state index >= 15 is 0 Å². The van der Waals surface area contributed by atoms with Gasteiger partial charge in [0.05, 0.1) is 12.1 Å². The molecule has 6 nitrogen and oxygen atoms in total. The summed E-state index contributed by atoms with van der Waals surface area (Å²) in [5, 5.41) is 3.87. The van der Waals surface area contributed by atoms with Gasteiger partial charge in [-0.05, 0) is 30.5 Å². The van der Waals surface area contributed by atoms with Crippen LogP contribution in [-0.2, 0) is 31.0 Å². The van der Waals surface area contributed by atoms with Crippen molar-refractivity contribution in [2.45, 2.75) is 32.0 Å². The van der Waals surface area contributed by atoms with E-state index in [1.807, 2.05) is 0 Å². The Bertz CT molecular complexity index is 854. The third-order valence-electron chi connectivity index (χ3n) is 4.28. The molecule has 0 atom stereocenters. The van der Waals surface area contributed by atoms with E-state index in [9.17, 15) is 22.8 Å². The molecule has 2 heterocycles. The lowest BCUT2D eigenvalue weighted by Crippen LogP contribution is -2.37. The first kappa shape index (κ1) is 17.2. The highest BCUT2D eigenvalue weighted by Gasteiger charge is 2.36. The molecule has 0 saturated carbocycles. The van der Waals surface area contributed by atoms with Gasteiger partial charge in [-0.15, -0.1) is 0 Å². The molecule has 0 bridgehead atoms. The fourth-order valence-electron chi connectivity index (χ4n) is 3.06. The number of rotatable bonds is 3. The highest BCUT2D eigenvalue weighted by Crippen LogP contribution is 2.39. The molecule has 0 spiro atoms. The summed E-state index contributed by atoms with van der Waals surface area (Å²) in [6.45, 7) is 0.452. The minimum atomic E-state index is -4.45. The number of amides is 1. The Morgan fingerprint density at radius 1 is 1.32 bits per heavy atom. The van der Waals surface area contributed by atoms with Gasteiger partial charge in [0.15, 0.2) is 0 Å². The lowest BCUT2D eigenvalue weighted by molar-refractivity contribution is -0.138. The summed E-state index contributed by atoms with van der Waals surface area (Å²) >= 11 is 0. The minimum absolute atomic E-state index is 0.00734. The van der Waals surface area contributed by atoms with Crippen LogP contribution in [0.5, 0.6) is 0 Å². The van der Waals surface area contributed by atoms with Crippen molar-refractivity contribution in [1.82, 2.24) is 14.3 Å². The lowest BCUT2D eigenvalue weighted by atomic mass is 9.95. The van der Waals surface area contributed by atoms with Gasteiger partial charge in [0.1, 0.15) is 6.33 Å². The summed E-state index contributed by atoms with van der Waals surface area (Å²) < 4.78 is 42.0. The second kappa shape index (κ2) is 6.38. The number of aryl methyl sites for hydroxylation is 2. The molecule has 1 aliphatic rings. The molecule has 0 unspecified atom stereocenters. The summed E-state index contributed by atoms with van der Waals surface area (Å²) in [4.78, 5) is 25.6. The van der Waals surface area contributed by atoms with E-state index in [1.165, 1.54) is 27.9 Å². The van der Waals surface area contributed by atoms with Crippen molar-refractivity contribution >= 4 is 11.6 Å². The monoisotopic (exact) mass is 354 g/mol. The molecule has 1 amide bonds. The highest BCUT2D eigenvalue weighted by atomic mass is 19.4. The van der Waals surface area contributed by atoms with Gasteiger partial charge >= 0.3 is 11.9 Å². The first-order valence-electron chi connectivity index (χ1n) is 7.87. The smallest absolute Gasteiger partial charge is 0.312 e. The van der Waals surface area contributed by atoms with Crippen molar-refractivity contribution in [3.63, 3.8) is 0 Å². The molecule has 3 rings (SSSR count). The quantitative estimate of drug-likeness (QED) is 0.847. The van der Waals surface area contributed by atoms with Crippen LogP contribution in [0.3, 0.4) is 0 Å². The lowest BCUT2D eigenvalue weighted by Gasteiger charge is -2.31. The Kier molecular flexibility index (Phi) is 4.40. The first-order chi connectivity index (χ1) is 11.8. The van der Waals surface area contributed by atoms with Crippen LogP contribution in [0.1, 0.15) is 24.0 Å². The fraction of sp³-hybridized carbons (Fsp3) is 0.438. The van der Waals surface area contributed by atoms with Crippen LogP contribution < -0.4 is 10.6 Å². The summed E-state index contributed by atoms with van der Waals surface area (Å²) in [5.74, 6) is -0.321. The van der Waals surface area contributed by atoms with Gasteiger partial charge in [-0.2, -0.15) is 18.3 Å². The third kappa shape index (κ3) is 3.31. The number of carbonyl (C=O) groups excluding carboxylic acids is 1.